The second kappa shape index (κ2) is 7.78. The van der Waals surface area contributed by atoms with Gasteiger partial charge in [-0.05, 0) is 32.0 Å². The fraction of sp³-hybridized carbons (Fsp3) is 0.278. The van der Waals surface area contributed by atoms with Gasteiger partial charge in [-0.2, -0.15) is 13.2 Å². The molecule has 2 aromatic heterocycles. The van der Waals surface area contributed by atoms with Crippen molar-refractivity contribution in [2.75, 3.05) is 5.75 Å². The molecule has 28 heavy (non-hydrogen) atoms. The number of carbonyl (C=O) groups is 1. The minimum absolute atomic E-state index is 0.0507. The maximum absolute atomic E-state index is 13.8. The van der Waals surface area contributed by atoms with E-state index in [2.05, 4.69) is 15.2 Å². The Morgan fingerprint density at radius 3 is 2.64 bits per heavy atom. The second-order valence-electron chi connectivity index (χ2n) is 6.14. The number of alkyl halides is 3. The van der Waals surface area contributed by atoms with E-state index in [-0.39, 0.29) is 39.3 Å². The average molecular weight is 412 g/mol. The van der Waals surface area contributed by atoms with Crippen LogP contribution in [0.5, 0.6) is 0 Å². The first-order valence-electron chi connectivity index (χ1n) is 8.22. The van der Waals surface area contributed by atoms with Gasteiger partial charge in [0, 0.05) is 17.0 Å². The molecule has 0 saturated carbocycles. The van der Waals surface area contributed by atoms with Gasteiger partial charge in [-0.3, -0.25) is 9.89 Å². The van der Waals surface area contributed by atoms with Crippen molar-refractivity contribution in [3.8, 4) is 11.4 Å². The number of halogens is 4. The van der Waals surface area contributed by atoms with E-state index in [1.54, 1.807) is 18.2 Å². The number of hydrogen-bond donors (Lipinski definition) is 1. The quantitative estimate of drug-likeness (QED) is 0.366. The summed E-state index contributed by atoms with van der Waals surface area (Å²) >= 11 is 1.02. The smallest absolute Gasteiger partial charge is 0.339 e. The molecule has 10 heteroatoms. The number of nitrogens with one attached hydrogen (secondary N) is 1. The van der Waals surface area contributed by atoms with Crippen LogP contribution < -0.4 is 0 Å². The third-order valence-corrected chi connectivity index (χ3v) is 4.98. The number of rotatable bonds is 6. The number of carbonyl (C=O) groups excluding carboxylic acids is 1. The monoisotopic (exact) mass is 412 g/mol. The van der Waals surface area contributed by atoms with Crippen molar-refractivity contribution in [1.82, 2.24) is 19.7 Å². The highest BCUT2D eigenvalue weighted by molar-refractivity contribution is 7.99. The van der Waals surface area contributed by atoms with E-state index in [1.807, 2.05) is 0 Å². The van der Waals surface area contributed by atoms with Crippen LogP contribution in [0.4, 0.5) is 17.6 Å². The van der Waals surface area contributed by atoms with Crippen LogP contribution in [0.2, 0.25) is 0 Å². The molecule has 3 rings (SSSR count). The highest BCUT2D eigenvalue weighted by Gasteiger charge is 2.30. The Hall–Kier alpha value is -2.62. The van der Waals surface area contributed by atoms with Gasteiger partial charge in [0.2, 0.25) is 5.16 Å². The minimum atomic E-state index is -4.37. The van der Waals surface area contributed by atoms with Crippen molar-refractivity contribution < 1.29 is 22.4 Å². The zero-order chi connectivity index (χ0) is 20.5. The molecule has 0 fully saturated rings. The van der Waals surface area contributed by atoms with Gasteiger partial charge < -0.3 is 4.57 Å². The topological polar surface area (TPSA) is 63.6 Å². The molecule has 0 spiro atoms. The van der Waals surface area contributed by atoms with E-state index in [4.69, 9.17) is 0 Å². The number of benzene rings is 1. The average Bonchev–Trinajstić information content (AvgIpc) is 3.19. The predicted molar refractivity (Wildman–Crippen MR) is 96.8 cm³/mol. The Bertz CT molecular complexity index is 1010. The van der Waals surface area contributed by atoms with E-state index in [9.17, 15) is 22.4 Å². The first kappa shape index (κ1) is 20.1. The van der Waals surface area contributed by atoms with Crippen molar-refractivity contribution in [3.63, 3.8) is 0 Å². The van der Waals surface area contributed by atoms with Gasteiger partial charge in [0.25, 0.3) is 0 Å². The van der Waals surface area contributed by atoms with Crippen LogP contribution in [-0.2, 0) is 6.54 Å². The zero-order valence-electron chi connectivity index (χ0n) is 15.0. The van der Waals surface area contributed by atoms with Crippen LogP contribution >= 0.6 is 11.8 Å². The number of aromatic amines is 1. The van der Waals surface area contributed by atoms with Gasteiger partial charge >= 0.3 is 6.18 Å². The van der Waals surface area contributed by atoms with Crippen LogP contribution in [0.25, 0.3) is 11.4 Å². The lowest BCUT2D eigenvalue weighted by atomic mass is 10.2. The lowest BCUT2D eigenvalue weighted by Gasteiger charge is -2.12. The summed E-state index contributed by atoms with van der Waals surface area (Å²) in [5.41, 5.74) is 1.12. The molecule has 0 bridgehead atoms. The number of hydrogen-bond acceptors (Lipinski definition) is 4. The Balaban J connectivity index is 1.70. The van der Waals surface area contributed by atoms with E-state index >= 15 is 0 Å². The molecule has 148 valence electrons. The fourth-order valence-electron chi connectivity index (χ4n) is 2.80. The van der Waals surface area contributed by atoms with Crippen molar-refractivity contribution in [1.29, 1.82) is 0 Å². The molecule has 0 unspecified atom stereocenters. The zero-order valence-corrected chi connectivity index (χ0v) is 15.8. The first-order valence-corrected chi connectivity index (χ1v) is 9.21. The van der Waals surface area contributed by atoms with E-state index in [1.165, 1.54) is 26.0 Å². The summed E-state index contributed by atoms with van der Waals surface area (Å²) in [5, 5.41) is 6.81. The Morgan fingerprint density at radius 2 is 1.96 bits per heavy atom. The number of nitrogens with zero attached hydrogens (tertiary/aromatic N) is 3. The minimum Gasteiger partial charge on any atom is -0.339 e. The fourth-order valence-corrected chi connectivity index (χ4v) is 3.48. The van der Waals surface area contributed by atoms with Gasteiger partial charge in [-0.1, -0.05) is 23.9 Å². The lowest BCUT2D eigenvalue weighted by molar-refractivity contribution is -0.141. The molecular weight excluding hydrogens is 396 g/mol. The maximum atomic E-state index is 13.8. The van der Waals surface area contributed by atoms with Crippen LogP contribution in [0.15, 0.2) is 35.5 Å². The Kier molecular flexibility index (Phi) is 5.59. The summed E-state index contributed by atoms with van der Waals surface area (Å²) in [5.74, 6) is -0.603. The van der Waals surface area contributed by atoms with Crippen LogP contribution in [0.3, 0.4) is 0 Å². The molecule has 0 atom stereocenters. The molecule has 0 saturated heterocycles. The molecule has 1 aromatic carbocycles. The van der Waals surface area contributed by atoms with Crippen LogP contribution in [0.1, 0.15) is 21.7 Å². The predicted octanol–water partition coefficient (Wildman–Crippen LogP) is 4.57. The summed E-state index contributed by atoms with van der Waals surface area (Å²) in [6, 6.07) is 7.51. The molecule has 0 amide bonds. The third kappa shape index (κ3) is 4.44. The van der Waals surface area contributed by atoms with E-state index < -0.39 is 18.5 Å². The Labute approximate surface area is 162 Å². The van der Waals surface area contributed by atoms with Crippen molar-refractivity contribution in [2.24, 2.45) is 0 Å². The molecule has 5 nitrogen and oxygen atoms in total. The van der Waals surface area contributed by atoms with Gasteiger partial charge in [0.1, 0.15) is 12.4 Å². The lowest BCUT2D eigenvalue weighted by Crippen LogP contribution is -2.19. The molecular formula is C18H16F4N4OS. The number of ketones is 1. The summed E-state index contributed by atoms with van der Waals surface area (Å²) < 4.78 is 52.9. The van der Waals surface area contributed by atoms with E-state index in [0.717, 1.165) is 16.3 Å². The molecule has 0 aliphatic rings. The molecule has 0 aliphatic heterocycles. The van der Waals surface area contributed by atoms with Crippen LogP contribution in [-0.4, -0.2) is 37.5 Å². The molecule has 2 heterocycles. The van der Waals surface area contributed by atoms with Crippen molar-refractivity contribution in [3.05, 3.63) is 53.1 Å². The second-order valence-corrected chi connectivity index (χ2v) is 7.09. The third-order valence-electron chi connectivity index (χ3n) is 4.14. The highest BCUT2D eigenvalue weighted by Crippen LogP contribution is 2.25. The van der Waals surface area contributed by atoms with Gasteiger partial charge in [-0.15, -0.1) is 5.10 Å². The highest BCUT2D eigenvalue weighted by atomic mass is 32.2. The molecule has 0 aliphatic carbocycles. The van der Waals surface area contributed by atoms with Gasteiger partial charge in [-0.25, -0.2) is 9.37 Å². The molecule has 3 aromatic rings. The number of Topliss-reactive ketones (excluding diaryl/α,β-unsaturated/α-hetero) is 1. The van der Waals surface area contributed by atoms with Crippen molar-refractivity contribution >= 4 is 17.5 Å². The number of aromatic nitrogens is 4. The number of thioether (sulfide) groups is 1. The molecule has 1 N–H and O–H groups in total. The summed E-state index contributed by atoms with van der Waals surface area (Å²) in [4.78, 5) is 16.6. The van der Waals surface area contributed by atoms with Gasteiger partial charge in [0.05, 0.1) is 11.3 Å². The standard InChI is InChI=1S/C18H16F4N4OS/c1-10-7-13(11(2)26(10)9-18(20,21)22)15(27)8-28-17-23-16(24-25-17)12-5-3-4-6-14(12)19/h3-7H,8-9H2,1-2H3,(H,23,24,25). The van der Waals surface area contributed by atoms with Crippen molar-refractivity contribution in [2.45, 2.75) is 31.7 Å². The summed E-state index contributed by atoms with van der Waals surface area (Å²) in [7, 11) is 0. The summed E-state index contributed by atoms with van der Waals surface area (Å²) in [6.45, 7) is 1.87. The summed E-state index contributed by atoms with van der Waals surface area (Å²) in [6.07, 6.45) is -4.37. The normalized spacial score (nSPS) is 11.8. The first-order chi connectivity index (χ1) is 13.2. The SMILES string of the molecule is Cc1cc(C(=O)CSc2n[nH]c(-c3ccccc3F)n2)c(C)n1CC(F)(F)F. The van der Waals surface area contributed by atoms with Crippen LogP contribution in [0, 0.1) is 19.7 Å². The Morgan fingerprint density at radius 1 is 1.25 bits per heavy atom. The molecule has 0 radical (unpaired) electrons. The van der Waals surface area contributed by atoms with E-state index in [0.29, 0.717) is 5.69 Å². The number of H-pyrrole nitrogens is 1. The van der Waals surface area contributed by atoms with Gasteiger partial charge in [0.15, 0.2) is 11.6 Å². The largest absolute Gasteiger partial charge is 0.406 e. The number of aryl methyl sites for hydroxylation is 1. The maximum Gasteiger partial charge on any atom is 0.406 e.